The van der Waals surface area contributed by atoms with Gasteiger partial charge in [-0.1, -0.05) is 18.2 Å². The Morgan fingerprint density at radius 1 is 1.21 bits per heavy atom. The predicted octanol–water partition coefficient (Wildman–Crippen LogP) is 2.35. The smallest absolute Gasteiger partial charge is 0.0481 e. The molecule has 1 fully saturated rings. The summed E-state index contributed by atoms with van der Waals surface area (Å²) >= 11 is 0. The molecule has 0 bridgehead atoms. The van der Waals surface area contributed by atoms with Crippen LogP contribution in [-0.4, -0.2) is 29.1 Å². The van der Waals surface area contributed by atoms with Gasteiger partial charge in [0.2, 0.25) is 0 Å². The van der Waals surface area contributed by atoms with Gasteiger partial charge in [-0.3, -0.25) is 4.90 Å². The van der Waals surface area contributed by atoms with Crippen LogP contribution in [0.2, 0.25) is 0 Å². The molecule has 0 amide bonds. The number of piperidine rings is 1. The molecule has 3 nitrogen and oxygen atoms in total. The number of likely N-dealkylation sites (tertiary alicyclic amines) is 1. The zero-order chi connectivity index (χ0) is 13.2. The van der Waals surface area contributed by atoms with Gasteiger partial charge in [-0.05, 0) is 50.0 Å². The lowest BCUT2D eigenvalue weighted by Crippen LogP contribution is -2.35. The number of hydrogen-bond acceptors (Lipinski definition) is 2. The topological polar surface area (TPSA) is 34.2 Å². The van der Waals surface area contributed by atoms with Crippen LogP contribution in [0.1, 0.15) is 18.4 Å². The molecule has 2 aromatic rings. The summed E-state index contributed by atoms with van der Waals surface area (Å²) in [5.74, 6) is 0.740. The second kappa shape index (κ2) is 5.35. The van der Waals surface area contributed by atoms with E-state index in [1.54, 1.807) is 0 Å². The van der Waals surface area contributed by atoms with Crippen LogP contribution < -0.4 is 5.73 Å². The molecular formula is C16H23N3. The molecule has 1 aliphatic heterocycles. The van der Waals surface area contributed by atoms with Gasteiger partial charge in [-0.15, -0.1) is 0 Å². The van der Waals surface area contributed by atoms with Crippen molar-refractivity contribution in [3.05, 3.63) is 36.0 Å². The van der Waals surface area contributed by atoms with E-state index >= 15 is 0 Å². The number of benzene rings is 1. The highest BCUT2D eigenvalue weighted by atomic mass is 15.1. The van der Waals surface area contributed by atoms with Crippen LogP contribution in [0.15, 0.2) is 30.5 Å². The Morgan fingerprint density at radius 3 is 2.68 bits per heavy atom. The zero-order valence-electron chi connectivity index (χ0n) is 11.7. The predicted molar refractivity (Wildman–Crippen MR) is 80.0 cm³/mol. The summed E-state index contributed by atoms with van der Waals surface area (Å²) in [4.78, 5) is 2.56. The highest BCUT2D eigenvalue weighted by molar-refractivity contribution is 5.83. The summed E-state index contributed by atoms with van der Waals surface area (Å²) in [5.41, 5.74) is 8.53. The maximum atomic E-state index is 5.76. The number of nitrogens with two attached hydrogens (primary N) is 1. The third-order valence-electron chi connectivity index (χ3n) is 4.41. The van der Waals surface area contributed by atoms with Gasteiger partial charge in [0.15, 0.2) is 0 Å². The molecule has 0 radical (unpaired) electrons. The fourth-order valence-corrected chi connectivity index (χ4v) is 3.17. The Morgan fingerprint density at radius 2 is 1.95 bits per heavy atom. The van der Waals surface area contributed by atoms with Crippen LogP contribution in [0.4, 0.5) is 0 Å². The van der Waals surface area contributed by atoms with Crippen LogP contribution in [-0.2, 0) is 13.6 Å². The van der Waals surface area contributed by atoms with E-state index in [-0.39, 0.29) is 0 Å². The van der Waals surface area contributed by atoms with Crippen molar-refractivity contribution in [3.8, 4) is 0 Å². The van der Waals surface area contributed by atoms with E-state index in [1.165, 1.54) is 42.4 Å². The SMILES string of the molecule is Cn1cc(CN2CCC(CN)CC2)c2ccccc21. The monoisotopic (exact) mass is 257 g/mol. The van der Waals surface area contributed by atoms with E-state index in [4.69, 9.17) is 5.73 Å². The van der Waals surface area contributed by atoms with Crippen molar-refractivity contribution in [1.29, 1.82) is 0 Å². The van der Waals surface area contributed by atoms with Gasteiger partial charge in [0.05, 0.1) is 0 Å². The molecule has 2 heterocycles. The highest BCUT2D eigenvalue weighted by Crippen LogP contribution is 2.24. The average Bonchev–Trinajstić information content (AvgIpc) is 2.77. The van der Waals surface area contributed by atoms with Crippen LogP contribution in [0.3, 0.4) is 0 Å². The Kier molecular flexibility index (Phi) is 3.58. The zero-order valence-corrected chi connectivity index (χ0v) is 11.7. The third-order valence-corrected chi connectivity index (χ3v) is 4.41. The summed E-state index contributed by atoms with van der Waals surface area (Å²) in [6.07, 6.45) is 4.78. The second-order valence-corrected chi connectivity index (χ2v) is 5.74. The van der Waals surface area contributed by atoms with Crippen molar-refractivity contribution in [1.82, 2.24) is 9.47 Å². The average molecular weight is 257 g/mol. The van der Waals surface area contributed by atoms with Crippen molar-refractivity contribution < 1.29 is 0 Å². The molecule has 0 atom stereocenters. The standard InChI is InChI=1S/C16H23N3/c1-18-11-14(15-4-2-3-5-16(15)18)12-19-8-6-13(10-17)7-9-19/h2-5,11,13H,6-10,12,17H2,1H3. The van der Waals surface area contributed by atoms with E-state index in [9.17, 15) is 0 Å². The van der Waals surface area contributed by atoms with Crippen molar-refractivity contribution in [2.75, 3.05) is 19.6 Å². The molecule has 0 unspecified atom stereocenters. The highest BCUT2D eigenvalue weighted by Gasteiger charge is 2.19. The molecule has 1 aromatic heterocycles. The van der Waals surface area contributed by atoms with Crippen LogP contribution in [0.5, 0.6) is 0 Å². The minimum Gasteiger partial charge on any atom is -0.350 e. The van der Waals surface area contributed by atoms with Gasteiger partial charge in [0.25, 0.3) is 0 Å². The van der Waals surface area contributed by atoms with Crippen molar-refractivity contribution in [2.45, 2.75) is 19.4 Å². The van der Waals surface area contributed by atoms with E-state index < -0.39 is 0 Å². The fourth-order valence-electron chi connectivity index (χ4n) is 3.17. The first-order chi connectivity index (χ1) is 9.28. The van der Waals surface area contributed by atoms with Crippen molar-refractivity contribution in [3.63, 3.8) is 0 Å². The van der Waals surface area contributed by atoms with E-state index in [1.807, 2.05) is 0 Å². The molecule has 0 aliphatic carbocycles. The van der Waals surface area contributed by atoms with Gasteiger partial charge in [-0.2, -0.15) is 0 Å². The molecule has 2 N–H and O–H groups in total. The van der Waals surface area contributed by atoms with Gasteiger partial charge < -0.3 is 10.3 Å². The number of nitrogens with zero attached hydrogens (tertiary/aromatic N) is 2. The van der Waals surface area contributed by atoms with E-state index in [0.29, 0.717) is 0 Å². The first-order valence-electron chi connectivity index (χ1n) is 7.23. The molecule has 0 spiro atoms. The van der Waals surface area contributed by atoms with Crippen molar-refractivity contribution >= 4 is 10.9 Å². The van der Waals surface area contributed by atoms with E-state index in [0.717, 1.165) is 19.0 Å². The third kappa shape index (κ3) is 2.53. The maximum absolute atomic E-state index is 5.76. The lowest BCUT2D eigenvalue weighted by atomic mass is 9.97. The van der Waals surface area contributed by atoms with Crippen LogP contribution in [0.25, 0.3) is 10.9 Å². The molecule has 1 saturated heterocycles. The molecular weight excluding hydrogens is 234 g/mol. The summed E-state index contributed by atoms with van der Waals surface area (Å²) < 4.78 is 2.23. The Labute approximate surface area is 115 Å². The van der Waals surface area contributed by atoms with Gasteiger partial charge in [0.1, 0.15) is 0 Å². The quantitative estimate of drug-likeness (QED) is 0.916. The summed E-state index contributed by atoms with van der Waals surface area (Å²) in [7, 11) is 2.13. The van der Waals surface area contributed by atoms with Gasteiger partial charge >= 0.3 is 0 Å². The van der Waals surface area contributed by atoms with Gasteiger partial charge in [-0.25, -0.2) is 0 Å². The van der Waals surface area contributed by atoms with Crippen molar-refractivity contribution in [2.24, 2.45) is 18.7 Å². The first-order valence-corrected chi connectivity index (χ1v) is 7.23. The number of hydrogen-bond donors (Lipinski definition) is 1. The summed E-state index contributed by atoms with van der Waals surface area (Å²) in [6, 6.07) is 8.67. The number of para-hydroxylation sites is 1. The summed E-state index contributed by atoms with van der Waals surface area (Å²) in [6.45, 7) is 4.29. The first kappa shape index (κ1) is 12.7. The molecule has 1 aliphatic rings. The Hall–Kier alpha value is -1.32. The molecule has 102 valence electrons. The largest absolute Gasteiger partial charge is 0.350 e. The van der Waals surface area contributed by atoms with Crippen LogP contribution in [0, 0.1) is 5.92 Å². The lowest BCUT2D eigenvalue weighted by molar-refractivity contribution is 0.181. The number of aryl methyl sites for hydroxylation is 1. The Balaban J connectivity index is 1.75. The van der Waals surface area contributed by atoms with Crippen LogP contribution >= 0.6 is 0 Å². The minimum atomic E-state index is 0.740. The minimum absolute atomic E-state index is 0.740. The summed E-state index contributed by atoms with van der Waals surface area (Å²) in [5, 5.41) is 1.39. The number of fused-ring (bicyclic) bond motifs is 1. The lowest BCUT2D eigenvalue weighted by Gasteiger charge is -2.31. The molecule has 0 saturated carbocycles. The van der Waals surface area contributed by atoms with Gasteiger partial charge in [0, 0.05) is 30.7 Å². The molecule has 1 aromatic carbocycles. The molecule has 3 heteroatoms. The number of aromatic nitrogens is 1. The fraction of sp³-hybridized carbons (Fsp3) is 0.500. The molecule has 19 heavy (non-hydrogen) atoms. The normalized spacial score (nSPS) is 18.2. The molecule has 3 rings (SSSR count). The number of rotatable bonds is 3. The Bertz CT molecular complexity index is 550. The maximum Gasteiger partial charge on any atom is 0.0481 e. The van der Waals surface area contributed by atoms with E-state index in [2.05, 4.69) is 47.0 Å². The second-order valence-electron chi connectivity index (χ2n) is 5.74.